The molecule has 1 N–H and O–H groups in total. The SMILES string of the molecule is Cn1cnnc1CCNc1ncc(Br)cn1. The Kier molecular flexibility index (Phi) is 3.45. The Morgan fingerprint density at radius 1 is 1.38 bits per heavy atom. The Hall–Kier alpha value is -1.50. The zero-order chi connectivity index (χ0) is 11.4. The molecule has 0 saturated heterocycles. The van der Waals surface area contributed by atoms with Gasteiger partial charge in [-0.05, 0) is 15.9 Å². The number of aryl methyl sites for hydroxylation is 1. The molecule has 16 heavy (non-hydrogen) atoms. The van der Waals surface area contributed by atoms with Gasteiger partial charge in [0.1, 0.15) is 12.2 Å². The van der Waals surface area contributed by atoms with Crippen LogP contribution in [0.15, 0.2) is 23.2 Å². The summed E-state index contributed by atoms with van der Waals surface area (Å²) in [6.45, 7) is 0.730. The van der Waals surface area contributed by atoms with Crippen LogP contribution in [0.25, 0.3) is 0 Å². The second kappa shape index (κ2) is 5.02. The molecule has 0 aliphatic rings. The Labute approximate surface area is 101 Å². The summed E-state index contributed by atoms with van der Waals surface area (Å²) >= 11 is 3.28. The summed E-state index contributed by atoms with van der Waals surface area (Å²) in [6.07, 6.45) is 5.89. The number of anilines is 1. The van der Waals surface area contributed by atoms with E-state index in [9.17, 15) is 0 Å². The molecule has 0 amide bonds. The van der Waals surface area contributed by atoms with Crippen molar-refractivity contribution in [1.82, 2.24) is 24.7 Å². The lowest BCUT2D eigenvalue weighted by Crippen LogP contribution is -2.10. The smallest absolute Gasteiger partial charge is 0.222 e. The Morgan fingerprint density at radius 2 is 2.12 bits per heavy atom. The van der Waals surface area contributed by atoms with Crippen molar-refractivity contribution in [3.05, 3.63) is 29.0 Å². The van der Waals surface area contributed by atoms with E-state index in [-0.39, 0.29) is 0 Å². The molecule has 0 radical (unpaired) electrons. The summed E-state index contributed by atoms with van der Waals surface area (Å²) in [5.41, 5.74) is 0. The van der Waals surface area contributed by atoms with Crippen LogP contribution in [0.1, 0.15) is 5.82 Å². The molecule has 2 aromatic rings. The lowest BCUT2D eigenvalue weighted by Gasteiger charge is -2.03. The van der Waals surface area contributed by atoms with Crippen LogP contribution in [-0.4, -0.2) is 31.3 Å². The topological polar surface area (TPSA) is 68.5 Å². The van der Waals surface area contributed by atoms with Crippen LogP contribution in [0.2, 0.25) is 0 Å². The number of nitrogens with zero attached hydrogens (tertiary/aromatic N) is 5. The Balaban J connectivity index is 1.84. The fourth-order valence-electron chi connectivity index (χ4n) is 1.22. The highest BCUT2D eigenvalue weighted by Crippen LogP contribution is 2.06. The van der Waals surface area contributed by atoms with Gasteiger partial charge in [-0.3, -0.25) is 0 Å². The molecule has 6 nitrogen and oxygen atoms in total. The molecule has 0 bridgehead atoms. The van der Waals surface area contributed by atoms with Crippen LogP contribution in [0, 0.1) is 0 Å². The molecule has 2 heterocycles. The van der Waals surface area contributed by atoms with Gasteiger partial charge in [-0.15, -0.1) is 10.2 Å². The first kappa shape index (κ1) is 11.0. The second-order valence-corrected chi connectivity index (χ2v) is 4.18. The van der Waals surface area contributed by atoms with Crippen molar-refractivity contribution in [3.63, 3.8) is 0 Å². The Bertz CT molecular complexity index is 451. The van der Waals surface area contributed by atoms with Gasteiger partial charge in [-0.2, -0.15) is 0 Å². The first-order chi connectivity index (χ1) is 7.75. The highest BCUT2D eigenvalue weighted by atomic mass is 79.9. The minimum atomic E-state index is 0.616. The molecule has 0 unspecified atom stereocenters. The second-order valence-electron chi connectivity index (χ2n) is 3.26. The average Bonchev–Trinajstić information content (AvgIpc) is 2.68. The molecular formula is C9H11BrN6. The molecule has 0 aliphatic carbocycles. The summed E-state index contributed by atoms with van der Waals surface area (Å²) in [7, 11) is 1.92. The quantitative estimate of drug-likeness (QED) is 0.907. The van der Waals surface area contributed by atoms with Gasteiger partial charge in [0, 0.05) is 32.4 Å². The van der Waals surface area contributed by atoms with E-state index in [0.717, 1.165) is 23.3 Å². The molecule has 7 heteroatoms. The molecular weight excluding hydrogens is 272 g/mol. The minimum absolute atomic E-state index is 0.616. The van der Waals surface area contributed by atoms with Crippen molar-refractivity contribution in [1.29, 1.82) is 0 Å². The zero-order valence-corrected chi connectivity index (χ0v) is 10.3. The first-order valence-electron chi connectivity index (χ1n) is 4.80. The number of hydrogen-bond donors (Lipinski definition) is 1. The molecule has 0 aromatic carbocycles. The highest BCUT2D eigenvalue weighted by molar-refractivity contribution is 9.10. The predicted octanol–water partition coefficient (Wildman–Crippen LogP) is 1.02. The maximum atomic E-state index is 4.11. The third-order valence-electron chi connectivity index (χ3n) is 2.06. The van der Waals surface area contributed by atoms with Crippen molar-refractivity contribution in [3.8, 4) is 0 Å². The van der Waals surface area contributed by atoms with E-state index < -0.39 is 0 Å². The van der Waals surface area contributed by atoms with Gasteiger partial charge >= 0.3 is 0 Å². The van der Waals surface area contributed by atoms with Crippen LogP contribution >= 0.6 is 15.9 Å². The van der Waals surface area contributed by atoms with Gasteiger partial charge in [0.25, 0.3) is 0 Å². The third-order valence-corrected chi connectivity index (χ3v) is 2.47. The van der Waals surface area contributed by atoms with E-state index in [4.69, 9.17) is 0 Å². The average molecular weight is 283 g/mol. The number of aromatic nitrogens is 5. The summed E-state index contributed by atoms with van der Waals surface area (Å²) < 4.78 is 2.76. The van der Waals surface area contributed by atoms with Gasteiger partial charge in [-0.1, -0.05) is 0 Å². The minimum Gasteiger partial charge on any atom is -0.354 e. The fourth-order valence-corrected chi connectivity index (χ4v) is 1.43. The summed E-state index contributed by atoms with van der Waals surface area (Å²) in [4.78, 5) is 8.22. The standard InChI is InChI=1S/C9H11BrN6/c1-16-6-14-15-8(16)2-3-11-9-12-4-7(10)5-13-9/h4-6H,2-3H2,1H3,(H,11,12,13). The summed E-state index contributed by atoms with van der Waals surface area (Å²) in [5, 5.41) is 10.9. The van der Waals surface area contributed by atoms with Gasteiger partial charge in [0.15, 0.2) is 0 Å². The molecule has 0 spiro atoms. The van der Waals surface area contributed by atoms with Crippen LogP contribution in [0.4, 0.5) is 5.95 Å². The van der Waals surface area contributed by atoms with E-state index in [2.05, 4.69) is 41.4 Å². The van der Waals surface area contributed by atoms with Crippen LogP contribution in [0.5, 0.6) is 0 Å². The predicted molar refractivity (Wildman–Crippen MR) is 62.9 cm³/mol. The first-order valence-corrected chi connectivity index (χ1v) is 5.59. The van der Waals surface area contributed by atoms with E-state index in [1.54, 1.807) is 18.7 Å². The number of halogens is 1. The normalized spacial score (nSPS) is 10.4. The number of hydrogen-bond acceptors (Lipinski definition) is 5. The van der Waals surface area contributed by atoms with E-state index in [1.807, 2.05) is 11.6 Å². The fraction of sp³-hybridized carbons (Fsp3) is 0.333. The van der Waals surface area contributed by atoms with Crippen LogP contribution in [-0.2, 0) is 13.5 Å². The molecule has 0 aliphatic heterocycles. The lowest BCUT2D eigenvalue weighted by molar-refractivity contribution is 0.785. The van der Waals surface area contributed by atoms with Gasteiger partial charge < -0.3 is 9.88 Å². The third kappa shape index (κ3) is 2.75. The molecule has 0 atom stereocenters. The monoisotopic (exact) mass is 282 g/mol. The number of nitrogens with one attached hydrogen (secondary N) is 1. The van der Waals surface area contributed by atoms with E-state index in [0.29, 0.717) is 5.95 Å². The Morgan fingerprint density at radius 3 is 2.75 bits per heavy atom. The van der Waals surface area contributed by atoms with Crippen LogP contribution in [0.3, 0.4) is 0 Å². The van der Waals surface area contributed by atoms with E-state index >= 15 is 0 Å². The number of rotatable bonds is 4. The largest absolute Gasteiger partial charge is 0.354 e. The van der Waals surface area contributed by atoms with Gasteiger partial charge in [0.05, 0.1) is 4.47 Å². The molecule has 2 aromatic heterocycles. The lowest BCUT2D eigenvalue weighted by atomic mass is 10.4. The molecule has 2 rings (SSSR count). The van der Waals surface area contributed by atoms with Gasteiger partial charge in [0.2, 0.25) is 5.95 Å². The van der Waals surface area contributed by atoms with E-state index in [1.165, 1.54) is 0 Å². The van der Waals surface area contributed by atoms with Crippen molar-refractivity contribution in [2.24, 2.45) is 7.05 Å². The molecule has 0 fully saturated rings. The molecule has 84 valence electrons. The maximum absolute atomic E-state index is 4.11. The highest BCUT2D eigenvalue weighted by Gasteiger charge is 2.00. The summed E-state index contributed by atoms with van der Waals surface area (Å²) in [5.74, 6) is 1.55. The van der Waals surface area contributed by atoms with Crippen molar-refractivity contribution in [2.45, 2.75) is 6.42 Å². The van der Waals surface area contributed by atoms with Crippen molar-refractivity contribution < 1.29 is 0 Å². The van der Waals surface area contributed by atoms with Crippen molar-refractivity contribution >= 4 is 21.9 Å². The zero-order valence-electron chi connectivity index (χ0n) is 8.76. The summed E-state index contributed by atoms with van der Waals surface area (Å²) in [6, 6.07) is 0. The van der Waals surface area contributed by atoms with Crippen molar-refractivity contribution in [2.75, 3.05) is 11.9 Å². The molecule has 0 saturated carbocycles. The van der Waals surface area contributed by atoms with Crippen LogP contribution < -0.4 is 5.32 Å². The maximum Gasteiger partial charge on any atom is 0.222 e. The van der Waals surface area contributed by atoms with Gasteiger partial charge in [-0.25, -0.2) is 9.97 Å².